The largest absolute Gasteiger partial charge is 0.392 e. The molecule has 14 heavy (non-hydrogen) atoms. The highest BCUT2D eigenvalue weighted by atomic mass is 32.2. The predicted octanol–water partition coefficient (Wildman–Crippen LogP) is 3.66. The average molecular weight is 232 g/mol. The van der Waals surface area contributed by atoms with Crippen LogP contribution in [0.4, 0.5) is 0 Å². The first-order chi connectivity index (χ1) is 6.85. The Bertz CT molecular complexity index is 170. The molecule has 0 atom stereocenters. The van der Waals surface area contributed by atoms with E-state index in [9.17, 15) is 0 Å². The predicted molar refractivity (Wildman–Crippen MR) is 69.8 cm³/mol. The van der Waals surface area contributed by atoms with Crippen LogP contribution in [0.25, 0.3) is 0 Å². The van der Waals surface area contributed by atoms with Gasteiger partial charge in [0.25, 0.3) is 0 Å². The molecule has 0 spiro atoms. The maximum absolute atomic E-state index is 8.49. The van der Waals surface area contributed by atoms with Crippen molar-refractivity contribution in [2.45, 2.75) is 26.7 Å². The average Bonchev–Trinajstić information content (AvgIpc) is 2.22. The monoisotopic (exact) mass is 232 g/mol. The molecule has 0 unspecified atom stereocenters. The van der Waals surface area contributed by atoms with Gasteiger partial charge in [0.05, 0.1) is 6.61 Å². The van der Waals surface area contributed by atoms with Gasteiger partial charge in [-0.3, -0.25) is 0 Å². The Morgan fingerprint density at radius 1 is 1.14 bits per heavy atom. The topological polar surface area (TPSA) is 20.2 Å². The molecule has 0 saturated heterocycles. The number of thioether (sulfide) groups is 2. The van der Waals surface area contributed by atoms with E-state index in [4.69, 9.17) is 5.11 Å². The molecule has 0 aliphatic heterocycles. The highest BCUT2D eigenvalue weighted by molar-refractivity contribution is 8.05. The summed E-state index contributed by atoms with van der Waals surface area (Å²) in [5, 5.41) is 12.7. The van der Waals surface area contributed by atoms with Gasteiger partial charge in [-0.2, -0.15) is 0 Å². The van der Waals surface area contributed by atoms with Crippen molar-refractivity contribution in [2.75, 3.05) is 18.1 Å². The van der Waals surface area contributed by atoms with E-state index in [0.29, 0.717) is 0 Å². The lowest BCUT2D eigenvalue weighted by molar-refractivity contribution is 0.343. The third kappa shape index (κ3) is 8.73. The van der Waals surface area contributed by atoms with E-state index < -0.39 is 0 Å². The lowest BCUT2D eigenvalue weighted by Gasteiger charge is -1.99. The first kappa shape index (κ1) is 14.1. The van der Waals surface area contributed by atoms with Gasteiger partial charge in [-0.15, -0.1) is 23.5 Å². The smallest absolute Gasteiger partial charge is 0.0620 e. The van der Waals surface area contributed by atoms with Crippen LogP contribution in [0.2, 0.25) is 0 Å². The van der Waals surface area contributed by atoms with Crippen LogP contribution in [0.5, 0.6) is 0 Å². The molecule has 1 nitrogen and oxygen atoms in total. The zero-order chi connectivity index (χ0) is 10.6. The molecule has 3 heteroatoms. The molecule has 0 aromatic rings. The molecule has 0 amide bonds. The van der Waals surface area contributed by atoms with Gasteiger partial charge in [-0.05, 0) is 23.7 Å². The van der Waals surface area contributed by atoms with Crippen molar-refractivity contribution in [3.8, 4) is 0 Å². The molecular weight excluding hydrogens is 212 g/mol. The number of allylic oxidation sites excluding steroid dienone is 1. The van der Waals surface area contributed by atoms with Crippen molar-refractivity contribution < 1.29 is 5.11 Å². The van der Waals surface area contributed by atoms with Gasteiger partial charge in [-0.1, -0.05) is 25.5 Å². The normalized spacial score (nSPS) is 10.8. The first-order valence-corrected chi connectivity index (χ1v) is 7.11. The van der Waals surface area contributed by atoms with Crippen LogP contribution in [0.15, 0.2) is 22.5 Å². The van der Waals surface area contributed by atoms with Crippen molar-refractivity contribution in [2.24, 2.45) is 0 Å². The maximum Gasteiger partial charge on any atom is 0.0620 e. The molecule has 0 radical (unpaired) electrons. The summed E-state index contributed by atoms with van der Waals surface area (Å²) in [6, 6.07) is 0. The summed E-state index contributed by atoms with van der Waals surface area (Å²) in [4.78, 5) is 0. The molecule has 0 aliphatic carbocycles. The van der Waals surface area contributed by atoms with E-state index in [2.05, 4.69) is 19.3 Å². The van der Waals surface area contributed by atoms with Gasteiger partial charge in [0, 0.05) is 11.5 Å². The third-order valence-electron chi connectivity index (χ3n) is 1.78. The summed E-state index contributed by atoms with van der Waals surface area (Å²) >= 11 is 3.64. The molecular formula is C11H20OS2. The van der Waals surface area contributed by atoms with Crippen LogP contribution >= 0.6 is 23.5 Å². The fourth-order valence-electron chi connectivity index (χ4n) is 0.869. The van der Waals surface area contributed by atoms with E-state index in [1.54, 1.807) is 17.8 Å². The highest BCUT2D eigenvalue weighted by Gasteiger charge is 1.89. The van der Waals surface area contributed by atoms with E-state index in [-0.39, 0.29) is 6.61 Å². The van der Waals surface area contributed by atoms with Gasteiger partial charge in [0.2, 0.25) is 0 Å². The maximum atomic E-state index is 8.49. The van der Waals surface area contributed by atoms with E-state index in [1.807, 2.05) is 17.2 Å². The van der Waals surface area contributed by atoms with Crippen molar-refractivity contribution in [3.05, 3.63) is 22.5 Å². The molecule has 0 aromatic heterocycles. The van der Waals surface area contributed by atoms with E-state index in [1.165, 1.54) is 18.4 Å². The summed E-state index contributed by atoms with van der Waals surface area (Å²) < 4.78 is 0. The summed E-state index contributed by atoms with van der Waals surface area (Å²) in [6.45, 7) is 4.55. The van der Waals surface area contributed by atoms with Crippen LogP contribution in [-0.4, -0.2) is 23.2 Å². The molecule has 0 bridgehead atoms. The molecule has 1 N–H and O–H groups in total. The molecule has 0 fully saturated rings. The van der Waals surface area contributed by atoms with Crippen LogP contribution in [0, 0.1) is 0 Å². The van der Waals surface area contributed by atoms with Gasteiger partial charge in [-0.25, -0.2) is 0 Å². The van der Waals surface area contributed by atoms with Crippen molar-refractivity contribution in [1.82, 2.24) is 0 Å². The van der Waals surface area contributed by atoms with Crippen LogP contribution in [-0.2, 0) is 0 Å². The summed E-state index contributed by atoms with van der Waals surface area (Å²) in [5.74, 6) is 2.25. The third-order valence-corrected chi connectivity index (χ3v) is 3.80. The first-order valence-electron chi connectivity index (χ1n) is 5.02. The molecule has 0 rings (SSSR count). The Labute approximate surface area is 96.0 Å². The van der Waals surface area contributed by atoms with Crippen molar-refractivity contribution in [1.29, 1.82) is 0 Å². The summed E-state index contributed by atoms with van der Waals surface area (Å²) in [7, 11) is 0. The van der Waals surface area contributed by atoms with Gasteiger partial charge in [0.15, 0.2) is 0 Å². The standard InChI is InChI=1S/C11H20OS2/c1-3-11(4-2)10-14-9-8-13-7-5-6-12/h5,7,10,12H,3-4,6,8-9H2,1-2H3/b7-5+. The minimum Gasteiger partial charge on any atom is -0.392 e. The van der Waals surface area contributed by atoms with Gasteiger partial charge >= 0.3 is 0 Å². The number of rotatable bonds is 8. The second-order valence-electron chi connectivity index (χ2n) is 2.78. The second kappa shape index (κ2) is 11.2. The zero-order valence-corrected chi connectivity index (χ0v) is 10.7. The molecule has 82 valence electrons. The van der Waals surface area contributed by atoms with E-state index >= 15 is 0 Å². The Hall–Kier alpha value is 0.140. The summed E-state index contributed by atoms with van der Waals surface area (Å²) in [6.07, 6.45) is 4.11. The summed E-state index contributed by atoms with van der Waals surface area (Å²) in [5.41, 5.74) is 1.53. The Morgan fingerprint density at radius 2 is 1.79 bits per heavy atom. The van der Waals surface area contributed by atoms with Crippen LogP contribution < -0.4 is 0 Å². The lowest BCUT2D eigenvalue weighted by atomic mass is 10.2. The quantitative estimate of drug-likeness (QED) is 0.645. The van der Waals surface area contributed by atoms with Crippen molar-refractivity contribution >= 4 is 23.5 Å². The molecule has 0 aliphatic rings. The minimum absolute atomic E-state index is 0.149. The molecule has 0 heterocycles. The molecule has 0 saturated carbocycles. The fourth-order valence-corrected chi connectivity index (χ4v) is 2.68. The highest BCUT2D eigenvalue weighted by Crippen LogP contribution is 2.15. The Kier molecular flexibility index (Phi) is 11.3. The SMILES string of the molecule is CCC(=CSCCS/C=C/CO)CC. The van der Waals surface area contributed by atoms with Gasteiger partial charge < -0.3 is 5.11 Å². The minimum atomic E-state index is 0.149. The number of aliphatic hydroxyl groups excluding tert-OH is 1. The zero-order valence-electron chi connectivity index (χ0n) is 9.03. The van der Waals surface area contributed by atoms with Crippen molar-refractivity contribution in [3.63, 3.8) is 0 Å². The number of hydrogen-bond donors (Lipinski definition) is 1. The second-order valence-corrected chi connectivity index (χ2v) is 4.77. The van der Waals surface area contributed by atoms with E-state index in [0.717, 1.165) is 11.5 Å². The lowest BCUT2D eigenvalue weighted by Crippen LogP contribution is -1.81. The number of hydrogen-bond acceptors (Lipinski definition) is 3. The Balaban J connectivity index is 3.36. The fraction of sp³-hybridized carbons (Fsp3) is 0.636. The van der Waals surface area contributed by atoms with Crippen LogP contribution in [0.3, 0.4) is 0 Å². The van der Waals surface area contributed by atoms with Crippen LogP contribution in [0.1, 0.15) is 26.7 Å². The number of aliphatic hydroxyl groups is 1. The van der Waals surface area contributed by atoms with Gasteiger partial charge in [0.1, 0.15) is 0 Å². The molecule has 0 aromatic carbocycles. The Morgan fingerprint density at radius 3 is 2.36 bits per heavy atom.